The molecule has 2 aromatic rings. The van der Waals surface area contributed by atoms with Crippen LogP contribution in [0.25, 0.3) is 0 Å². The predicted molar refractivity (Wildman–Crippen MR) is 163 cm³/mol. The van der Waals surface area contributed by atoms with Crippen LogP contribution in [-0.2, 0) is 36.0 Å². The first-order chi connectivity index (χ1) is 20.4. The van der Waals surface area contributed by atoms with Gasteiger partial charge in [0.2, 0.25) is 12.2 Å². The zero-order valence-electron chi connectivity index (χ0n) is 25.8. The van der Waals surface area contributed by atoms with Crippen LogP contribution in [-0.4, -0.2) is 80.8 Å². The molecule has 13 heteroatoms. The summed E-state index contributed by atoms with van der Waals surface area (Å²) < 4.78 is 21.9. The molecule has 4 unspecified atom stereocenters. The predicted octanol–water partition coefficient (Wildman–Crippen LogP) is 3.48. The van der Waals surface area contributed by atoms with Crippen LogP contribution in [0.4, 0.5) is 5.69 Å². The summed E-state index contributed by atoms with van der Waals surface area (Å²) in [6.45, 7) is 11.8. The summed E-state index contributed by atoms with van der Waals surface area (Å²) in [5.74, 6) is -0.838. The lowest BCUT2D eigenvalue weighted by Gasteiger charge is -2.37. The molecule has 1 amide bonds. The Hall–Kier alpha value is -3.36. The normalized spacial score (nSPS) is 22.2. The molecule has 0 spiro atoms. The van der Waals surface area contributed by atoms with Gasteiger partial charge in [-0.3, -0.25) is 9.59 Å². The van der Waals surface area contributed by atoms with Gasteiger partial charge in [-0.2, -0.15) is 11.8 Å². The number of amides is 1. The molecule has 44 heavy (non-hydrogen) atoms. The molecule has 5 atom stereocenters. The smallest absolute Gasteiger partial charge is 0.335 e. The minimum atomic E-state index is -1.91. The first-order valence-corrected chi connectivity index (χ1v) is 14.9. The van der Waals surface area contributed by atoms with Gasteiger partial charge in [0.25, 0.3) is 0 Å². The molecule has 1 fully saturated rings. The van der Waals surface area contributed by atoms with E-state index in [0.717, 1.165) is 5.56 Å². The van der Waals surface area contributed by atoms with E-state index in [4.69, 9.17) is 18.9 Å². The van der Waals surface area contributed by atoms with Crippen LogP contribution in [0.15, 0.2) is 36.4 Å². The first-order valence-electron chi connectivity index (χ1n) is 13.9. The molecule has 3 rings (SSSR count). The van der Waals surface area contributed by atoms with Gasteiger partial charge in [-0.1, -0.05) is 47.6 Å². The van der Waals surface area contributed by atoms with Crippen LogP contribution in [0, 0.1) is 5.41 Å². The molecular formula is C31H41NO11S. The molecule has 1 aliphatic heterocycles. The molecule has 0 aliphatic carbocycles. The fourth-order valence-electron chi connectivity index (χ4n) is 4.00. The quantitative estimate of drug-likeness (QED) is 0.240. The number of aliphatic carboxylic acids is 1. The Balaban J connectivity index is 1.83. The Bertz CT molecular complexity index is 1350. The van der Waals surface area contributed by atoms with Crippen molar-refractivity contribution in [1.29, 1.82) is 0 Å². The topological polar surface area (TPSA) is 181 Å². The maximum Gasteiger partial charge on any atom is 0.335 e. The van der Waals surface area contributed by atoms with Crippen molar-refractivity contribution in [2.45, 2.75) is 89.2 Å². The number of esters is 1. The number of aliphatic hydroxyl groups is 3. The molecular weight excluding hydrogens is 594 g/mol. The molecule has 242 valence electrons. The molecule has 0 bridgehead atoms. The van der Waals surface area contributed by atoms with E-state index in [1.165, 1.54) is 7.11 Å². The van der Waals surface area contributed by atoms with Crippen LogP contribution in [0.5, 0.6) is 17.2 Å². The molecule has 0 radical (unpaired) electrons. The fraction of sp³-hybridized carbons (Fsp3) is 0.516. The molecule has 0 saturated carbocycles. The largest absolute Gasteiger partial charge is 0.493 e. The summed E-state index contributed by atoms with van der Waals surface area (Å²) in [4.78, 5) is 36.7. The number of hydrogen-bond donors (Lipinski definition) is 5. The van der Waals surface area contributed by atoms with Crippen molar-refractivity contribution >= 4 is 35.3 Å². The number of carbonyl (C=O) groups excluding carboxylic acids is 2. The molecule has 5 N–H and O–H groups in total. The van der Waals surface area contributed by atoms with E-state index in [-0.39, 0.29) is 17.1 Å². The first kappa shape index (κ1) is 35.1. The monoisotopic (exact) mass is 635 g/mol. The third-order valence-corrected chi connectivity index (χ3v) is 7.84. The number of ether oxygens (including phenoxy) is 4. The maximum atomic E-state index is 12.7. The van der Waals surface area contributed by atoms with Crippen molar-refractivity contribution in [1.82, 2.24) is 0 Å². The second kappa shape index (κ2) is 14.2. The van der Waals surface area contributed by atoms with Gasteiger partial charge in [-0.15, -0.1) is 0 Å². The summed E-state index contributed by atoms with van der Waals surface area (Å²) in [5, 5.41) is 42.1. The van der Waals surface area contributed by atoms with Crippen molar-refractivity contribution in [2.75, 3.05) is 12.4 Å². The highest BCUT2D eigenvalue weighted by atomic mass is 32.2. The van der Waals surface area contributed by atoms with Crippen molar-refractivity contribution in [3.63, 3.8) is 0 Å². The number of rotatable bonds is 10. The minimum Gasteiger partial charge on any atom is -0.493 e. The number of anilines is 1. The van der Waals surface area contributed by atoms with Crippen molar-refractivity contribution in [3.8, 4) is 17.2 Å². The second-order valence-electron chi connectivity index (χ2n) is 12.4. The van der Waals surface area contributed by atoms with Gasteiger partial charge < -0.3 is 44.7 Å². The number of carboxylic acids is 1. The van der Waals surface area contributed by atoms with Gasteiger partial charge in [0.05, 0.1) is 13.5 Å². The van der Waals surface area contributed by atoms with E-state index in [1.54, 1.807) is 42.1 Å². The number of hydrogen-bond acceptors (Lipinski definition) is 11. The molecule has 1 saturated heterocycles. The van der Waals surface area contributed by atoms with Crippen LogP contribution in [0.2, 0.25) is 0 Å². The van der Waals surface area contributed by atoms with Crippen LogP contribution in [0.3, 0.4) is 0 Å². The summed E-state index contributed by atoms with van der Waals surface area (Å²) in [5.41, 5.74) is 1.30. The Labute approximate surface area is 260 Å². The standard InChI is InChI=1S/C31H41NO11S/c1-30(2,3)29(39)32-18-9-11-19(17(14-18)15-44-31(4,5)6)41-21-12-16(8-10-20(21)40-7)13-22(33)42-28-25(36)23(34)24(35)26(43-28)27(37)38/h8-12,14,23-26,28,34-36H,13,15H2,1-7H3,(H,32,39)(H,37,38)/t23?,24?,25?,26?,28-/m1/s1. The Morgan fingerprint density at radius 1 is 0.909 bits per heavy atom. The molecule has 1 aliphatic rings. The van der Waals surface area contributed by atoms with E-state index < -0.39 is 48.1 Å². The molecule has 0 aromatic heterocycles. The number of nitrogens with one attached hydrogen (secondary N) is 1. The summed E-state index contributed by atoms with van der Waals surface area (Å²) in [6, 6.07) is 10.1. The molecule has 1 heterocycles. The average molecular weight is 636 g/mol. The van der Waals surface area contributed by atoms with E-state index >= 15 is 0 Å². The van der Waals surface area contributed by atoms with E-state index in [9.17, 15) is 34.8 Å². The zero-order chi connectivity index (χ0) is 33.0. The summed E-state index contributed by atoms with van der Waals surface area (Å²) in [7, 11) is 1.47. The van der Waals surface area contributed by atoms with Crippen LogP contribution < -0.4 is 14.8 Å². The maximum absolute atomic E-state index is 12.7. The number of benzene rings is 2. The van der Waals surface area contributed by atoms with Crippen molar-refractivity contribution in [3.05, 3.63) is 47.5 Å². The van der Waals surface area contributed by atoms with Gasteiger partial charge >= 0.3 is 11.9 Å². The lowest BCUT2D eigenvalue weighted by molar-refractivity contribution is -0.286. The Morgan fingerprint density at radius 2 is 1.57 bits per heavy atom. The third kappa shape index (κ3) is 9.32. The van der Waals surface area contributed by atoms with Gasteiger partial charge in [0, 0.05) is 27.2 Å². The number of thioether (sulfide) groups is 1. The summed E-state index contributed by atoms with van der Waals surface area (Å²) >= 11 is 1.70. The SMILES string of the molecule is COc1ccc(CC(=O)O[C@@H]2OC(C(=O)O)C(O)C(O)C2O)cc1Oc1ccc(NC(=O)C(C)(C)C)cc1CSC(C)(C)C. The highest BCUT2D eigenvalue weighted by Crippen LogP contribution is 2.38. The minimum absolute atomic E-state index is 0.0475. The van der Waals surface area contributed by atoms with Gasteiger partial charge in [0.1, 0.15) is 24.1 Å². The third-order valence-electron chi connectivity index (χ3n) is 6.52. The fourth-order valence-corrected chi connectivity index (χ4v) is 4.81. The van der Waals surface area contributed by atoms with Gasteiger partial charge in [0.15, 0.2) is 17.6 Å². The Kier molecular flexibility index (Phi) is 11.3. The summed E-state index contributed by atoms with van der Waals surface area (Å²) in [6.07, 6.45) is -9.70. The number of aliphatic hydroxyl groups excluding tert-OH is 3. The lowest BCUT2D eigenvalue weighted by atomic mass is 9.95. The van der Waals surface area contributed by atoms with E-state index in [0.29, 0.717) is 34.3 Å². The van der Waals surface area contributed by atoms with Gasteiger partial charge in [-0.05, 0) is 35.9 Å². The molecule has 2 aromatic carbocycles. The van der Waals surface area contributed by atoms with Crippen molar-refractivity contribution in [2.24, 2.45) is 5.41 Å². The van der Waals surface area contributed by atoms with E-state index in [2.05, 4.69) is 26.1 Å². The van der Waals surface area contributed by atoms with Crippen LogP contribution in [0.1, 0.15) is 52.7 Å². The molecule has 12 nitrogen and oxygen atoms in total. The van der Waals surface area contributed by atoms with Crippen LogP contribution >= 0.6 is 11.8 Å². The average Bonchev–Trinajstić information content (AvgIpc) is 2.92. The highest BCUT2D eigenvalue weighted by molar-refractivity contribution is 7.99. The lowest BCUT2D eigenvalue weighted by Crippen LogP contribution is -2.60. The number of carbonyl (C=O) groups is 3. The highest BCUT2D eigenvalue weighted by Gasteiger charge is 2.48. The Morgan fingerprint density at radius 3 is 2.16 bits per heavy atom. The second-order valence-corrected chi connectivity index (χ2v) is 14.2. The van der Waals surface area contributed by atoms with Gasteiger partial charge in [-0.25, -0.2) is 4.79 Å². The number of methoxy groups -OCH3 is 1. The number of carboxylic acid groups (broad SMARTS) is 1. The van der Waals surface area contributed by atoms with Crippen molar-refractivity contribution < 1.29 is 53.8 Å². The van der Waals surface area contributed by atoms with E-state index in [1.807, 2.05) is 26.8 Å². The zero-order valence-corrected chi connectivity index (χ0v) is 26.6.